The molecule has 0 aliphatic rings. The average Bonchev–Trinajstić information content (AvgIpc) is 2.64. The maximum atomic E-state index is 5.74. The molecule has 0 bridgehead atoms. The molecule has 0 atom stereocenters. The van der Waals surface area contributed by atoms with E-state index < -0.39 is 0 Å². The summed E-state index contributed by atoms with van der Waals surface area (Å²) in [6.45, 7) is 7.47. The first-order valence-electron chi connectivity index (χ1n) is 9.25. The first-order valence-corrected chi connectivity index (χ1v) is 9.25. The van der Waals surface area contributed by atoms with Gasteiger partial charge in [0.15, 0.2) is 0 Å². The SMILES string of the molecule is CCCCOc1cccc(NCCNc2cccc(OCCC)c2)c1. The lowest BCUT2D eigenvalue weighted by Crippen LogP contribution is -2.13. The van der Waals surface area contributed by atoms with E-state index in [0.29, 0.717) is 0 Å². The van der Waals surface area contributed by atoms with Crippen LogP contribution in [0.1, 0.15) is 33.1 Å². The van der Waals surface area contributed by atoms with Crippen LogP contribution in [0.2, 0.25) is 0 Å². The number of ether oxygens (including phenoxy) is 2. The summed E-state index contributed by atoms with van der Waals surface area (Å²) in [6, 6.07) is 16.2. The molecule has 25 heavy (non-hydrogen) atoms. The van der Waals surface area contributed by atoms with Crippen LogP contribution in [0.5, 0.6) is 11.5 Å². The fourth-order valence-electron chi connectivity index (χ4n) is 2.36. The quantitative estimate of drug-likeness (QED) is 0.522. The molecule has 0 aliphatic heterocycles. The number of benzene rings is 2. The first kappa shape index (κ1) is 19.0. The number of rotatable bonds is 12. The molecule has 0 unspecified atom stereocenters. The minimum atomic E-state index is 0.752. The lowest BCUT2D eigenvalue weighted by atomic mass is 10.3. The largest absolute Gasteiger partial charge is 0.494 e. The van der Waals surface area contributed by atoms with Crippen LogP contribution in [0, 0.1) is 0 Å². The molecule has 0 saturated heterocycles. The molecule has 136 valence electrons. The van der Waals surface area contributed by atoms with Crippen molar-refractivity contribution >= 4 is 11.4 Å². The van der Waals surface area contributed by atoms with E-state index in [2.05, 4.69) is 42.7 Å². The lowest BCUT2D eigenvalue weighted by molar-refractivity contribution is 0.309. The van der Waals surface area contributed by atoms with E-state index in [1.54, 1.807) is 0 Å². The Kier molecular flexibility index (Phi) is 8.53. The molecule has 0 radical (unpaired) electrons. The number of anilines is 2. The van der Waals surface area contributed by atoms with Crippen LogP contribution in [0.3, 0.4) is 0 Å². The molecule has 4 nitrogen and oxygen atoms in total. The summed E-state index contributed by atoms with van der Waals surface area (Å²) in [4.78, 5) is 0. The van der Waals surface area contributed by atoms with Gasteiger partial charge < -0.3 is 20.1 Å². The summed E-state index contributed by atoms with van der Waals surface area (Å²) in [6.07, 6.45) is 3.25. The van der Waals surface area contributed by atoms with E-state index in [4.69, 9.17) is 9.47 Å². The van der Waals surface area contributed by atoms with Crippen molar-refractivity contribution in [2.45, 2.75) is 33.1 Å². The van der Waals surface area contributed by atoms with Crippen molar-refractivity contribution in [1.29, 1.82) is 0 Å². The van der Waals surface area contributed by atoms with Crippen LogP contribution in [0.25, 0.3) is 0 Å². The molecule has 2 aromatic carbocycles. The molecule has 2 rings (SSSR count). The van der Waals surface area contributed by atoms with Crippen LogP contribution < -0.4 is 20.1 Å². The molecule has 2 aromatic rings. The highest BCUT2D eigenvalue weighted by molar-refractivity contribution is 5.50. The van der Waals surface area contributed by atoms with E-state index in [1.807, 2.05) is 30.3 Å². The summed E-state index contributed by atoms with van der Waals surface area (Å²) in [5.74, 6) is 1.84. The van der Waals surface area contributed by atoms with Gasteiger partial charge in [-0.1, -0.05) is 32.4 Å². The molecule has 4 heteroatoms. The number of hydrogen-bond acceptors (Lipinski definition) is 4. The zero-order valence-electron chi connectivity index (χ0n) is 15.4. The zero-order chi connectivity index (χ0) is 17.7. The van der Waals surface area contributed by atoms with Gasteiger partial charge in [0.05, 0.1) is 13.2 Å². The standard InChI is InChI=1S/C21H30N2O2/c1-3-5-15-25-21-11-7-9-19(17-21)23-13-12-22-18-8-6-10-20(16-18)24-14-4-2/h6-11,16-17,22-23H,3-5,12-15H2,1-2H3. The van der Waals surface area contributed by atoms with Gasteiger partial charge in [-0.05, 0) is 37.1 Å². The highest BCUT2D eigenvalue weighted by Crippen LogP contribution is 2.19. The molecular weight excluding hydrogens is 312 g/mol. The Labute approximate surface area is 151 Å². The average molecular weight is 342 g/mol. The first-order chi connectivity index (χ1) is 12.3. The highest BCUT2D eigenvalue weighted by Gasteiger charge is 1.98. The second-order valence-electron chi connectivity index (χ2n) is 5.96. The summed E-state index contributed by atoms with van der Waals surface area (Å²) < 4.78 is 11.4. The van der Waals surface area contributed by atoms with Crippen molar-refractivity contribution in [3.63, 3.8) is 0 Å². The van der Waals surface area contributed by atoms with Gasteiger partial charge in [0, 0.05) is 36.6 Å². The van der Waals surface area contributed by atoms with Gasteiger partial charge in [-0.3, -0.25) is 0 Å². The molecule has 0 aliphatic carbocycles. The van der Waals surface area contributed by atoms with Crippen LogP contribution in [0.15, 0.2) is 48.5 Å². The van der Waals surface area contributed by atoms with Gasteiger partial charge >= 0.3 is 0 Å². The molecule has 0 fully saturated rings. The summed E-state index contributed by atoms with van der Waals surface area (Å²) in [5.41, 5.74) is 2.16. The Morgan fingerprint density at radius 1 is 0.720 bits per heavy atom. The number of unbranched alkanes of at least 4 members (excludes halogenated alkanes) is 1. The Bertz CT molecular complexity index is 616. The maximum Gasteiger partial charge on any atom is 0.121 e. The monoisotopic (exact) mass is 342 g/mol. The van der Waals surface area contributed by atoms with Crippen molar-refractivity contribution in [2.75, 3.05) is 36.9 Å². The number of hydrogen-bond donors (Lipinski definition) is 2. The molecular formula is C21H30N2O2. The van der Waals surface area contributed by atoms with Crippen LogP contribution >= 0.6 is 0 Å². The van der Waals surface area contributed by atoms with Gasteiger partial charge in [-0.15, -0.1) is 0 Å². The minimum absolute atomic E-state index is 0.752. The lowest BCUT2D eigenvalue weighted by Gasteiger charge is -2.12. The third-order valence-electron chi connectivity index (χ3n) is 3.69. The molecule has 0 amide bonds. The molecule has 0 spiro atoms. The molecule has 0 saturated carbocycles. The van der Waals surface area contributed by atoms with E-state index in [0.717, 1.165) is 68.4 Å². The van der Waals surface area contributed by atoms with Crippen molar-refractivity contribution in [2.24, 2.45) is 0 Å². The Morgan fingerprint density at radius 2 is 1.28 bits per heavy atom. The minimum Gasteiger partial charge on any atom is -0.494 e. The molecule has 2 N–H and O–H groups in total. The third-order valence-corrected chi connectivity index (χ3v) is 3.69. The van der Waals surface area contributed by atoms with Crippen molar-refractivity contribution < 1.29 is 9.47 Å². The fraction of sp³-hybridized carbons (Fsp3) is 0.429. The van der Waals surface area contributed by atoms with E-state index >= 15 is 0 Å². The fourth-order valence-corrected chi connectivity index (χ4v) is 2.36. The topological polar surface area (TPSA) is 42.5 Å². The van der Waals surface area contributed by atoms with Gasteiger partial charge in [0.2, 0.25) is 0 Å². The van der Waals surface area contributed by atoms with E-state index in [1.165, 1.54) is 0 Å². The zero-order valence-corrected chi connectivity index (χ0v) is 15.4. The Morgan fingerprint density at radius 3 is 1.80 bits per heavy atom. The second kappa shape index (κ2) is 11.2. The van der Waals surface area contributed by atoms with E-state index in [9.17, 15) is 0 Å². The molecule has 0 heterocycles. The summed E-state index contributed by atoms with van der Waals surface area (Å²) in [5, 5.41) is 6.84. The second-order valence-corrected chi connectivity index (χ2v) is 5.96. The predicted molar refractivity (Wildman–Crippen MR) is 106 cm³/mol. The van der Waals surface area contributed by atoms with Crippen molar-refractivity contribution in [1.82, 2.24) is 0 Å². The predicted octanol–water partition coefficient (Wildman–Crippen LogP) is 5.18. The molecule has 0 aromatic heterocycles. The van der Waals surface area contributed by atoms with E-state index in [-0.39, 0.29) is 0 Å². The summed E-state index contributed by atoms with van der Waals surface area (Å²) in [7, 11) is 0. The Hall–Kier alpha value is -2.36. The van der Waals surface area contributed by atoms with Crippen LogP contribution in [0.4, 0.5) is 11.4 Å². The van der Waals surface area contributed by atoms with Gasteiger partial charge in [0.25, 0.3) is 0 Å². The summed E-state index contributed by atoms with van der Waals surface area (Å²) >= 11 is 0. The highest BCUT2D eigenvalue weighted by atomic mass is 16.5. The van der Waals surface area contributed by atoms with Crippen molar-refractivity contribution in [3.8, 4) is 11.5 Å². The Balaban J connectivity index is 1.73. The van der Waals surface area contributed by atoms with Crippen LogP contribution in [-0.2, 0) is 0 Å². The number of nitrogens with one attached hydrogen (secondary N) is 2. The van der Waals surface area contributed by atoms with Crippen LogP contribution in [-0.4, -0.2) is 26.3 Å². The van der Waals surface area contributed by atoms with Gasteiger partial charge in [0.1, 0.15) is 11.5 Å². The maximum absolute atomic E-state index is 5.74. The van der Waals surface area contributed by atoms with Crippen molar-refractivity contribution in [3.05, 3.63) is 48.5 Å². The normalized spacial score (nSPS) is 10.3. The van der Waals surface area contributed by atoms with Gasteiger partial charge in [-0.2, -0.15) is 0 Å². The van der Waals surface area contributed by atoms with Gasteiger partial charge in [-0.25, -0.2) is 0 Å². The smallest absolute Gasteiger partial charge is 0.121 e. The third kappa shape index (κ3) is 7.38.